The number of amides is 1. The normalized spacial score (nSPS) is 19.2. The van der Waals surface area contributed by atoms with Crippen molar-refractivity contribution in [3.05, 3.63) is 65.2 Å². The lowest BCUT2D eigenvalue weighted by Crippen LogP contribution is -2.43. The second kappa shape index (κ2) is 11.8. The van der Waals surface area contributed by atoms with E-state index in [0.717, 1.165) is 23.3 Å². The number of sulfonamides is 1. The highest BCUT2D eigenvalue weighted by atomic mass is 32.2. The van der Waals surface area contributed by atoms with E-state index < -0.39 is 16.1 Å². The Morgan fingerprint density at radius 1 is 1.03 bits per heavy atom. The maximum absolute atomic E-state index is 13.6. The third kappa shape index (κ3) is 6.87. The molecule has 0 spiro atoms. The first kappa shape index (κ1) is 28.2. The van der Waals surface area contributed by atoms with E-state index in [4.69, 9.17) is 4.74 Å². The predicted octanol–water partition coefficient (Wildman–Crippen LogP) is 4.10. The highest BCUT2D eigenvalue weighted by molar-refractivity contribution is 7.89. The van der Waals surface area contributed by atoms with E-state index in [2.05, 4.69) is 49.8 Å². The number of methoxy groups -OCH3 is 1. The minimum Gasteiger partial charge on any atom is -0.497 e. The summed E-state index contributed by atoms with van der Waals surface area (Å²) in [7, 11) is 0.119. The molecule has 8 heteroatoms. The molecule has 0 aromatic heterocycles. The van der Waals surface area contributed by atoms with Crippen molar-refractivity contribution in [2.75, 3.05) is 33.0 Å². The summed E-state index contributed by atoms with van der Waals surface area (Å²) in [6.07, 6.45) is 1.82. The van der Waals surface area contributed by atoms with Gasteiger partial charge in [-0.2, -0.15) is 0 Å². The molecule has 1 N–H and O–H groups in total. The molecular weight excluding hydrogens is 474 g/mol. The Balaban J connectivity index is 1.84. The van der Waals surface area contributed by atoms with Gasteiger partial charge in [0.05, 0.1) is 12.9 Å². The van der Waals surface area contributed by atoms with Crippen LogP contribution < -0.4 is 9.46 Å². The largest absolute Gasteiger partial charge is 0.497 e. The molecule has 0 bridgehead atoms. The monoisotopic (exact) mass is 515 g/mol. The lowest BCUT2D eigenvalue weighted by atomic mass is 9.86. The molecule has 1 amide bonds. The lowest BCUT2D eigenvalue weighted by Gasteiger charge is -2.30. The number of hydrogen-bond acceptors (Lipinski definition) is 5. The number of rotatable bonds is 11. The van der Waals surface area contributed by atoms with Crippen molar-refractivity contribution in [3.8, 4) is 5.75 Å². The van der Waals surface area contributed by atoms with E-state index in [1.54, 1.807) is 7.11 Å². The summed E-state index contributed by atoms with van der Waals surface area (Å²) in [6, 6.07) is 15.7. The summed E-state index contributed by atoms with van der Waals surface area (Å²) >= 11 is 0. The van der Waals surface area contributed by atoms with Crippen LogP contribution in [-0.4, -0.2) is 63.2 Å². The van der Waals surface area contributed by atoms with E-state index in [-0.39, 0.29) is 29.8 Å². The molecule has 0 aliphatic carbocycles. The molecule has 3 rings (SSSR count). The topological polar surface area (TPSA) is 79.0 Å². The van der Waals surface area contributed by atoms with Crippen molar-refractivity contribution in [2.24, 2.45) is 0 Å². The number of unbranched alkanes of at least 4 members (excludes halogenated alkanes) is 1. The minimum absolute atomic E-state index is 0.0310. The fraction of sp³-hybridized carbons (Fsp3) is 0.536. The second-order valence-corrected chi connectivity index (χ2v) is 12.5. The number of benzene rings is 2. The SMILES string of the molecule is CCCCS(=O)(=O)NC[C@H]1C(=O)N(CCc2ccc(OC)cc2)[C@H](c2ccc(C(C)(C)C)cc2)N1C. The number of nitrogens with one attached hydrogen (secondary N) is 1. The van der Waals surface area contributed by atoms with Crippen LogP contribution in [0.3, 0.4) is 0 Å². The van der Waals surface area contributed by atoms with Gasteiger partial charge in [-0.15, -0.1) is 0 Å². The second-order valence-electron chi connectivity index (χ2n) is 10.6. The number of carbonyl (C=O) groups is 1. The van der Waals surface area contributed by atoms with Gasteiger partial charge in [-0.05, 0) is 54.1 Å². The first-order valence-corrected chi connectivity index (χ1v) is 14.3. The van der Waals surface area contributed by atoms with Gasteiger partial charge in [-0.25, -0.2) is 13.1 Å². The summed E-state index contributed by atoms with van der Waals surface area (Å²) in [5.41, 5.74) is 3.38. The van der Waals surface area contributed by atoms with Gasteiger partial charge < -0.3 is 9.64 Å². The van der Waals surface area contributed by atoms with Crippen molar-refractivity contribution in [2.45, 2.75) is 64.6 Å². The molecule has 1 aliphatic heterocycles. The van der Waals surface area contributed by atoms with Gasteiger partial charge in [-0.1, -0.05) is 70.5 Å². The van der Waals surface area contributed by atoms with Gasteiger partial charge in [0.2, 0.25) is 15.9 Å². The van der Waals surface area contributed by atoms with Gasteiger partial charge >= 0.3 is 0 Å². The summed E-state index contributed by atoms with van der Waals surface area (Å²) in [5.74, 6) is 0.810. The third-order valence-electron chi connectivity index (χ3n) is 6.88. The first-order valence-electron chi connectivity index (χ1n) is 12.7. The highest BCUT2D eigenvalue weighted by Crippen LogP contribution is 2.34. The molecule has 0 unspecified atom stereocenters. The van der Waals surface area contributed by atoms with Gasteiger partial charge in [0.1, 0.15) is 18.0 Å². The van der Waals surface area contributed by atoms with Crippen LogP contribution in [0.1, 0.15) is 63.4 Å². The van der Waals surface area contributed by atoms with Crippen LogP contribution in [0.5, 0.6) is 5.75 Å². The molecule has 2 atom stereocenters. The fourth-order valence-electron chi connectivity index (χ4n) is 4.56. The quantitative estimate of drug-likeness (QED) is 0.488. The van der Waals surface area contributed by atoms with Crippen LogP contribution >= 0.6 is 0 Å². The zero-order valence-electron chi connectivity index (χ0n) is 22.5. The lowest BCUT2D eigenvalue weighted by molar-refractivity contribution is -0.130. The molecule has 2 aromatic rings. The standard InChI is InChI=1S/C28H41N3O4S/c1-7-8-19-36(33,34)29-20-25-27(32)31(18-17-21-9-15-24(35-6)16-10-21)26(30(25)5)22-11-13-23(14-12-22)28(2,3)4/h9-16,25-26,29H,7-8,17-20H2,1-6H3/t25-,26+/m0/s1. The number of hydrogen-bond donors (Lipinski definition) is 1. The van der Waals surface area contributed by atoms with Gasteiger partial charge in [0.25, 0.3) is 0 Å². The molecule has 1 aliphatic rings. The number of nitrogens with zero attached hydrogens (tertiary/aromatic N) is 2. The molecule has 7 nitrogen and oxygen atoms in total. The Morgan fingerprint density at radius 2 is 1.67 bits per heavy atom. The fourth-order valence-corrected chi connectivity index (χ4v) is 5.79. The highest BCUT2D eigenvalue weighted by Gasteiger charge is 2.44. The maximum Gasteiger partial charge on any atom is 0.242 e. The van der Waals surface area contributed by atoms with E-state index in [9.17, 15) is 13.2 Å². The third-order valence-corrected chi connectivity index (χ3v) is 8.31. The number of likely N-dealkylation sites (N-methyl/N-ethyl adjacent to an activating group) is 1. The zero-order valence-corrected chi connectivity index (χ0v) is 23.3. The maximum atomic E-state index is 13.6. The van der Waals surface area contributed by atoms with Crippen LogP contribution in [0.2, 0.25) is 0 Å². The smallest absolute Gasteiger partial charge is 0.242 e. The molecule has 198 valence electrons. The van der Waals surface area contributed by atoms with Crippen LogP contribution in [0.15, 0.2) is 48.5 Å². The van der Waals surface area contributed by atoms with E-state index in [1.807, 2.05) is 48.0 Å². The van der Waals surface area contributed by atoms with Crippen LogP contribution in [0.25, 0.3) is 0 Å². The summed E-state index contributed by atoms with van der Waals surface area (Å²) in [6.45, 7) is 9.08. The van der Waals surface area contributed by atoms with Crippen LogP contribution in [0, 0.1) is 0 Å². The van der Waals surface area contributed by atoms with Crippen molar-refractivity contribution in [1.29, 1.82) is 0 Å². The average molecular weight is 516 g/mol. The summed E-state index contributed by atoms with van der Waals surface area (Å²) in [4.78, 5) is 17.5. The Hall–Kier alpha value is -2.42. The van der Waals surface area contributed by atoms with Gasteiger partial charge in [-0.3, -0.25) is 9.69 Å². The summed E-state index contributed by atoms with van der Waals surface area (Å²) in [5, 5.41) is 0. The van der Waals surface area contributed by atoms with Crippen LogP contribution in [-0.2, 0) is 26.7 Å². The number of ether oxygens (including phenoxy) is 1. The van der Waals surface area contributed by atoms with Gasteiger partial charge in [0.15, 0.2) is 0 Å². The first-order chi connectivity index (χ1) is 17.0. The molecule has 36 heavy (non-hydrogen) atoms. The Bertz CT molecular complexity index is 1110. The van der Waals surface area contributed by atoms with Gasteiger partial charge in [0, 0.05) is 13.1 Å². The van der Waals surface area contributed by atoms with Crippen molar-refractivity contribution in [1.82, 2.24) is 14.5 Å². The van der Waals surface area contributed by atoms with Crippen molar-refractivity contribution in [3.63, 3.8) is 0 Å². The van der Waals surface area contributed by atoms with Crippen molar-refractivity contribution < 1.29 is 17.9 Å². The Labute approximate surface area is 216 Å². The molecule has 1 saturated heterocycles. The zero-order chi connectivity index (χ0) is 26.5. The summed E-state index contributed by atoms with van der Waals surface area (Å²) < 4.78 is 32.8. The Morgan fingerprint density at radius 3 is 2.22 bits per heavy atom. The Kier molecular flexibility index (Phi) is 9.19. The molecular formula is C28H41N3O4S. The molecule has 1 fully saturated rings. The predicted molar refractivity (Wildman–Crippen MR) is 145 cm³/mol. The molecule has 0 radical (unpaired) electrons. The molecule has 1 heterocycles. The molecule has 2 aromatic carbocycles. The van der Waals surface area contributed by atoms with E-state index >= 15 is 0 Å². The average Bonchev–Trinajstić information content (AvgIpc) is 3.08. The van der Waals surface area contributed by atoms with E-state index in [0.29, 0.717) is 19.4 Å². The van der Waals surface area contributed by atoms with Crippen molar-refractivity contribution >= 4 is 15.9 Å². The molecule has 0 saturated carbocycles. The number of carbonyl (C=O) groups excluding carboxylic acids is 1. The van der Waals surface area contributed by atoms with Crippen LogP contribution in [0.4, 0.5) is 0 Å². The minimum atomic E-state index is -3.42. The van der Waals surface area contributed by atoms with E-state index in [1.165, 1.54) is 5.56 Å².